The summed E-state index contributed by atoms with van der Waals surface area (Å²) in [6.45, 7) is 3.08. The van der Waals surface area contributed by atoms with Crippen molar-refractivity contribution < 1.29 is 22.7 Å². The van der Waals surface area contributed by atoms with E-state index >= 15 is 0 Å². The van der Waals surface area contributed by atoms with E-state index in [1.54, 1.807) is 0 Å². The summed E-state index contributed by atoms with van der Waals surface area (Å²) in [4.78, 5) is 11.6. The number of unbranched alkanes of at least 4 members (excludes halogenated alkanes) is 1. The lowest BCUT2D eigenvalue weighted by molar-refractivity contribution is -0.123. The number of benzene rings is 1. The maximum absolute atomic E-state index is 12.0. The highest BCUT2D eigenvalue weighted by molar-refractivity contribution is 7.89. The first-order chi connectivity index (χ1) is 11.0. The molecular formula is C15H24N2O5S. The van der Waals surface area contributed by atoms with Crippen LogP contribution in [0.5, 0.6) is 5.75 Å². The van der Waals surface area contributed by atoms with Gasteiger partial charge >= 0.3 is 0 Å². The van der Waals surface area contributed by atoms with E-state index in [2.05, 4.69) is 10.0 Å². The van der Waals surface area contributed by atoms with E-state index in [0.717, 1.165) is 12.8 Å². The number of hydrogen-bond acceptors (Lipinski definition) is 5. The SMILES string of the molecule is CCCCNC(=O)COc1ccc(S(=O)(=O)NCCOC)cc1. The van der Waals surface area contributed by atoms with Gasteiger partial charge < -0.3 is 14.8 Å². The molecule has 1 amide bonds. The summed E-state index contributed by atoms with van der Waals surface area (Å²) in [6.07, 6.45) is 1.93. The first-order valence-electron chi connectivity index (χ1n) is 7.47. The minimum atomic E-state index is -3.56. The molecule has 0 radical (unpaired) electrons. The third-order valence-corrected chi connectivity index (χ3v) is 4.43. The van der Waals surface area contributed by atoms with Crippen molar-refractivity contribution in [2.45, 2.75) is 24.7 Å². The monoisotopic (exact) mass is 344 g/mol. The summed E-state index contributed by atoms with van der Waals surface area (Å²) in [6, 6.07) is 5.90. The van der Waals surface area contributed by atoms with E-state index in [0.29, 0.717) is 18.9 Å². The highest BCUT2D eigenvalue weighted by atomic mass is 32.2. The van der Waals surface area contributed by atoms with Gasteiger partial charge in [-0.3, -0.25) is 4.79 Å². The van der Waals surface area contributed by atoms with Crippen molar-refractivity contribution in [3.05, 3.63) is 24.3 Å². The fourth-order valence-electron chi connectivity index (χ4n) is 1.68. The number of methoxy groups -OCH3 is 1. The smallest absolute Gasteiger partial charge is 0.257 e. The minimum absolute atomic E-state index is 0.0953. The van der Waals surface area contributed by atoms with Crippen molar-refractivity contribution in [3.8, 4) is 5.75 Å². The molecule has 1 aromatic rings. The molecule has 8 heteroatoms. The van der Waals surface area contributed by atoms with Gasteiger partial charge in [0.15, 0.2) is 6.61 Å². The summed E-state index contributed by atoms with van der Waals surface area (Å²) in [7, 11) is -2.06. The van der Waals surface area contributed by atoms with Gasteiger partial charge in [0, 0.05) is 20.2 Å². The van der Waals surface area contributed by atoms with E-state index in [-0.39, 0.29) is 24.0 Å². The summed E-state index contributed by atoms with van der Waals surface area (Å²) in [5.41, 5.74) is 0. The number of hydrogen-bond donors (Lipinski definition) is 2. The highest BCUT2D eigenvalue weighted by Crippen LogP contribution is 2.15. The normalized spacial score (nSPS) is 11.2. The molecule has 1 rings (SSSR count). The molecule has 0 aliphatic carbocycles. The van der Waals surface area contributed by atoms with Gasteiger partial charge in [-0.05, 0) is 30.7 Å². The Labute approximate surface area is 137 Å². The Hall–Kier alpha value is -1.64. The second kappa shape index (κ2) is 10.2. The molecule has 23 heavy (non-hydrogen) atoms. The predicted octanol–water partition coefficient (Wildman–Crippen LogP) is 0.906. The Morgan fingerprint density at radius 2 is 1.87 bits per heavy atom. The van der Waals surface area contributed by atoms with Crippen LogP contribution in [0.2, 0.25) is 0 Å². The lowest BCUT2D eigenvalue weighted by atomic mass is 10.3. The molecule has 0 bridgehead atoms. The molecule has 0 fully saturated rings. The van der Waals surface area contributed by atoms with Crippen LogP contribution in [0.1, 0.15) is 19.8 Å². The van der Waals surface area contributed by atoms with Crippen molar-refractivity contribution in [2.75, 3.05) is 33.4 Å². The second-order valence-electron chi connectivity index (χ2n) is 4.85. The number of ether oxygens (including phenoxy) is 2. The number of amides is 1. The zero-order chi connectivity index (χ0) is 17.1. The average Bonchev–Trinajstić information content (AvgIpc) is 2.54. The molecule has 1 aromatic carbocycles. The van der Waals surface area contributed by atoms with E-state index < -0.39 is 10.0 Å². The molecule has 0 spiro atoms. The van der Waals surface area contributed by atoms with Crippen LogP contribution in [0.25, 0.3) is 0 Å². The van der Waals surface area contributed by atoms with Crippen molar-refractivity contribution in [3.63, 3.8) is 0 Å². The number of rotatable bonds is 11. The molecule has 0 atom stereocenters. The summed E-state index contributed by atoms with van der Waals surface area (Å²) >= 11 is 0. The van der Waals surface area contributed by atoms with Crippen molar-refractivity contribution in [2.24, 2.45) is 0 Å². The molecule has 0 heterocycles. The third kappa shape index (κ3) is 7.45. The number of nitrogens with one attached hydrogen (secondary N) is 2. The fraction of sp³-hybridized carbons (Fsp3) is 0.533. The lowest BCUT2D eigenvalue weighted by Crippen LogP contribution is -2.29. The van der Waals surface area contributed by atoms with Crippen LogP contribution >= 0.6 is 0 Å². The quantitative estimate of drug-likeness (QED) is 0.582. The molecule has 0 aromatic heterocycles. The molecule has 0 saturated heterocycles. The van der Waals surface area contributed by atoms with E-state index in [1.807, 2.05) is 6.92 Å². The van der Waals surface area contributed by atoms with E-state index in [9.17, 15) is 13.2 Å². The van der Waals surface area contributed by atoms with Gasteiger partial charge in [0.25, 0.3) is 5.91 Å². The highest BCUT2D eigenvalue weighted by Gasteiger charge is 2.13. The summed E-state index contributed by atoms with van der Waals surface area (Å²) in [5, 5.41) is 2.74. The van der Waals surface area contributed by atoms with Crippen molar-refractivity contribution in [1.82, 2.24) is 10.0 Å². The molecule has 130 valence electrons. The zero-order valence-electron chi connectivity index (χ0n) is 13.5. The van der Waals surface area contributed by atoms with Crippen LogP contribution < -0.4 is 14.8 Å². The van der Waals surface area contributed by atoms with Gasteiger partial charge in [0.1, 0.15) is 5.75 Å². The van der Waals surface area contributed by atoms with Gasteiger partial charge in [0.2, 0.25) is 10.0 Å². The first kappa shape index (κ1) is 19.4. The molecule has 7 nitrogen and oxygen atoms in total. The summed E-state index contributed by atoms with van der Waals surface area (Å²) in [5.74, 6) is 0.239. The minimum Gasteiger partial charge on any atom is -0.484 e. The Bertz CT molecular complexity index is 572. The van der Waals surface area contributed by atoms with Gasteiger partial charge in [-0.15, -0.1) is 0 Å². The Balaban J connectivity index is 2.48. The van der Waals surface area contributed by atoms with E-state index in [4.69, 9.17) is 9.47 Å². The maximum Gasteiger partial charge on any atom is 0.257 e. The van der Waals surface area contributed by atoms with Crippen LogP contribution in [0.3, 0.4) is 0 Å². The fourth-order valence-corrected chi connectivity index (χ4v) is 2.69. The molecular weight excluding hydrogens is 320 g/mol. The van der Waals surface area contributed by atoms with Crippen molar-refractivity contribution in [1.29, 1.82) is 0 Å². The Morgan fingerprint density at radius 1 is 1.17 bits per heavy atom. The predicted molar refractivity (Wildman–Crippen MR) is 86.9 cm³/mol. The zero-order valence-corrected chi connectivity index (χ0v) is 14.3. The molecule has 0 unspecified atom stereocenters. The van der Waals surface area contributed by atoms with E-state index in [1.165, 1.54) is 31.4 Å². The van der Waals surface area contributed by atoms with Gasteiger partial charge in [-0.1, -0.05) is 13.3 Å². The average molecular weight is 344 g/mol. The molecule has 0 aliphatic heterocycles. The van der Waals surface area contributed by atoms with Gasteiger partial charge in [-0.25, -0.2) is 13.1 Å². The number of carbonyl (C=O) groups excluding carboxylic acids is 1. The topological polar surface area (TPSA) is 93.7 Å². The van der Waals surface area contributed by atoms with Crippen LogP contribution in [-0.4, -0.2) is 47.7 Å². The van der Waals surface area contributed by atoms with Crippen LogP contribution in [-0.2, 0) is 19.6 Å². The standard InChI is InChI=1S/C15H24N2O5S/c1-3-4-9-16-15(18)12-22-13-5-7-14(8-6-13)23(19,20)17-10-11-21-2/h5-8,17H,3-4,9-12H2,1-2H3,(H,16,18). The Morgan fingerprint density at radius 3 is 2.48 bits per heavy atom. The van der Waals surface area contributed by atoms with Crippen LogP contribution in [0.4, 0.5) is 0 Å². The molecule has 0 saturated carbocycles. The number of carbonyl (C=O) groups is 1. The van der Waals surface area contributed by atoms with Crippen LogP contribution in [0.15, 0.2) is 29.2 Å². The van der Waals surface area contributed by atoms with Crippen molar-refractivity contribution >= 4 is 15.9 Å². The maximum atomic E-state index is 12.0. The first-order valence-corrected chi connectivity index (χ1v) is 8.96. The number of sulfonamides is 1. The largest absolute Gasteiger partial charge is 0.484 e. The van der Waals surface area contributed by atoms with Gasteiger partial charge in [-0.2, -0.15) is 0 Å². The van der Waals surface area contributed by atoms with Crippen LogP contribution in [0, 0.1) is 0 Å². The lowest BCUT2D eigenvalue weighted by Gasteiger charge is -2.09. The van der Waals surface area contributed by atoms with Gasteiger partial charge in [0.05, 0.1) is 11.5 Å². The summed E-state index contributed by atoms with van der Waals surface area (Å²) < 4.78 is 36.5. The molecule has 2 N–H and O–H groups in total. The third-order valence-electron chi connectivity index (χ3n) is 2.95. The molecule has 0 aliphatic rings. The second-order valence-corrected chi connectivity index (χ2v) is 6.62. The Kier molecular flexibility index (Phi) is 8.60.